The highest BCUT2D eigenvalue weighted by Crippen LogP contribution is 2.41. The number of imide groups is 1. The number of hydrogen-bond donors (Lipinski definition) is 1. The lowest BCUT2D eigenvalue weighted by Crippen LogP contribution is -2.18. The number of nitrogens with one attached hydrogen (secondary N) is 1. The van der Waals surface area contributed by atoms with Crippen molar-refractivity contribution in [1.82, 2.24) is 15.3 Å². The van der Waals surface area contributed by atoms with Crippen LogP contribution in [0.4, 0.5) is 4.79 Å². The summed E-state index contributed by atoms with van der Waals surface area (Å²) >= 11 is 2.56. The molecule has 130 valence electrons. The predicted molar refractivity (Wildman–Crippen MR) is 109 cm³/mol. The Bertz CT molecular complexity index is 1280. The number of thiophene rings is 1. The first-order chi connectivity index (χ1) is 13.2. The summed E-state index contributed by atoms with van der Waals surface area (Å²) in [4.78, 5) is 33.0. The minimum Gasteiger partial charge on any atom is -0.282 e. The highest BCUT2D eigenvalue weighted by Gasteiger charge is 2.30. The molecular formula is C20H11N3O2S2. The second-order valence-electron chi connectivity index (χ2n) is 5.99. The van der Waals surface area contributed by atoms with E-state index in [0.29, 0.717) is 4.91 Å². The molecule has 0 bridgehead atoms. The quantitative estimate of drug-likeness (QED) is 0.508. The summed E-state index contributed by atoms with van der Waals surface area (Å²) in [6.07, 6.45) is 3.25. The van der Waals surface area contributed by atoms with Gasteiger partial charge in [0.25, 0.3) is 11.1 Å². The van der Waals surface area contributed by atoms with E-state index < -0.39 is 0 Å². The second-order valence-corrected chi connectivity index (χ2v) is 7.88. The van der Waals surface area contributed by atoms with Crippen molar-refractivity contribution < 1.29 is 9.59 Å². The molecule has 2 aromatic carbocycles. The predicted octanol–water partition coefficient (Wildman–Crippen LogP) is 4.59. The van der Waals surface area contributed by atoms with Gasteiger partial charge in [0.2, 0.25) is 0 Å². The number of rotatable bonds is 2. The average Bonchev–Trinajstić information content (AvgIpc) is 3.25. The molecule has 1 saturated heterocycles. The molecule has 1 fully saturated rings. The van der Waals surface area contributed by atoms with E-state index in [4.69, 9.17) is 0 Å². The van der Waals surface area contributed by atoms with Crippen molar-refractivity contribution in [3.63, 3.8) is 0 Å². The molecule has 1 N–H and O–H groups in total. The van der Waals surface area contributed by atoms with Crippen LogP contribution in [0.1, 0.15) is 11.1 Å². The van der Waals surface area contributed by atoms with Gasteiger partial charge in [0.15, 0.2) is 0 Å². The minimum absolute atomic E-state index is 0.351. The summed E-state index contributed by atoms with van der Waals surface area (Å²) in [6.45, 7) is 0. The molecule has 0 spiro atoms. The number of carbonyl (C=O) groups is 2. The Hall–Kier alpha value is -3.03. The van der Waals surface area contributed by atoms with Gasteiger partial charge in [-0.25, -0.2) is 9.97 Å². The van der Waals surface area contributed by atoms with Crippen molar-refractivity contribution in [2.75, 3.05) is 0 Å². The summed E-state index contributed by atoms with van der Waals surface area (Å²) in [5.74, 6) is -0.361. The van der Waals surface area contributed by atoms with Gasteiger partial charge >= 0.3 is 0 Å². The third kappa shape index (κ3) is 2.72. The smallest absolute Gasteiger partial charge is 0.282 e. The topological polar surface area (TPSA) is 72.0 Å². The first-order valence-electron chi connectivity index (χ1n) is 8.15. The van der Waals surface area contributed by atoms with E-state index in [1.807, 2.05) is 47.8 Å². The Morgan fingerprint density at radius 2 is 1.96 bits per heavy atom. The van der Waals surface area contributed by atoms with E-state index in [9.17, 15) is 9.59 Å². The van der Waals surface area contributed by atoms with Crippen LogP contribution >= 0.6 is 23.1 Å². The van der Waals surface area contributed by atoms with Crippen LogP contribution < -0.4 is 5.32 Å². The third-order valence-electron chi connectivity index (χ3n) is 4.39. The van der Waals surface area contributed by atoms with Crippen molar-refractivity contribution in [1.29, 1.82) is 0 Å². The number of benzene rings is 2. The number of thioether (sulfide) groups is 1. The molecular weight excluding hydrogens is 378 g/mol. The third-order valence-corrected chi connectivity index (χ3v) is 6.23. The van der Waals surface area contributed by atoms with Gasteiger partial charge < -0.3 is 0 Å². The zero-order valence-electron chi connectivity index (χ0n) is 13.8. The first kappa shape index (κ1) is 16.2. The Labute approximate surface area is 162 Å². The largest absolute Gasteiger partial charge is 0.290 e. The number of carbonyl (C=O) groups excluding carboxylic acids is 2. The van der Waals surface area contributed by atoms with Crippen LogP contribution in [-0.4, -0.2) is 21.1 Å². The molecule has 0 saturated carbocycles. The van der Waals surface area contributed by atoms with Crippen molar-refractivity contribution >= 4 is 60.8 Å². The standard InChI is InChI=1S/C20H11N3O2S2/c24-19-18(27-20(25)23-19)17(14-9-26-16-4-2-1-3-13(14)16)11-5-6-15-12(7-11)8-21-10-22-15/h1-10H,(H,23,24,25). The highest BCUT2D eigenvalue weighted by atomic mass is 32.2. The van der Waals surface area contributed by atoms with E-state index in [1.54, 1.807) is 17.5 Å². The zero-order chi connectivity index (χ0) is 18.4. The van der Waals surface area contributed by atoms with Crippen molar-refractivity contribution in [2.45, 2.75) is 0 Å². The molecule has 1 aliphatic rings. The maximum atomic E-state index is 12.5. The van der Waals surface area contributed by atoms with Gasteiger partial charge in [0.1, 0.15) is 6.33 Å². The Balaban J connectivity index is 1.82. The number of fused-ring (bicyclic) bond motifs is 2. The number of amides is 2. The molecule has 7 heteroatoms. The molecule has 2 aromatic heterocycles. The lowest BCUT2D eigenvalue weighted by molar-refractivity contribution is -0.115. The number of nitrogens with zero attached hydrogens (tertiary/aromatic N) is 2. The second kappa shape index (κ2) is 6.29. The lowest BCUT2D eigenvalue weighted by Gasteiger charge is -2.11. The SMILES string of the molecule is O=C1NC(=O)C(=C(c2ccc3ncncc3c2)c2csc3ccccc23)S1. The van der Waals surface area contributed by atoms with Crippen LogP contribution in [0.3, 0.4) is 0 Å². The van der Waals surface area contributed by atoms with E-state index >= 15 is 0 Å². The average molecular weight is 389 g/mol. The van der Waals surface area contributed by atoms with Crippen LogP contribution in [0.15, 0.2) is 65.3 Å². The molecule has 0 atom stereocenters. The molecule has 5 rings (SSSR count). The molecule has 0 radical (unpaired) electrons. The summed E-state index contributed by atoms with van der Waals surface area (Å²) in [5, 5.41) is 5.99. The summed E-state index contributed by atoms with van der Waals surface area (Å²) in [6, 6.07) is 13.8. The molecule has 3 heterocycles. The maximum absolute atomic E-state index is 12.5. The van der Waals surface area contributed by atoms with Crippen molar-refractivity contribution in [3.05, 3.63) is 76.4 Å². The van der Waals surface area contributed by atoms with Crippen LogP contribution in [0.2, 0.25) is 0 Å². The first-order valence-corrected chi connectivity index (χ1v) is 9.84. The van der Waals surface area contributed by atoms with E-state index in [2.05, 4.69) is 15.3 Å². The Kier molecular flexibility index (Phi) is 3.77. The fraction of sp³-hybridized carbons (Fsp3) is 0. The molecule has 1 aliphatic heterocycles. The van der Waals surface area contributed by atoms with Crippen LogP contribution in [0.5, 0.6) is 0 Å². The van der Waals surface area contributed by atoms with Gasteiger partial charge in [0.05, 0.1) is 10.4 Å². The molecule has 4 aromatic rings. The maximum Gasteiger partial charge on any atom is 0.290 e. The van der Waals surface area contributed by atoms with Gasteiger partial charge in [-0.05, 0) is 40.9 Å². The fourth-order valence-corrected chi connectivity index (χ4v) is 4.95. The van der Waals surface area contributed by atoms with Gasteiger partial charge in [-0.15, -0.1) is 11.3 Å². The number of aromatic nitrogens is 2. The highest BCUT2D eigenvalue weighted by molar-refractivity contribution is 8.18. The molecule has 2 amide bonds. The van der Waals surface area contributed by atoms with Gasteiger partial charge in [0, 0.05) is 32.8 Å². The van der Waals surface area contributed by atoms with E-state index in [-0.39, 0.29) is 11.1 Å². The molecule has 0 unspecified atom stereocenters. The summed E-state index contributed by atoms with van der Waals surface area (Å²) < 4.78 is 1.13. The van der Waals surface area contributed by atoms with Crippen molar-refractivity contribution in [2.24, 2.45) is 0 Å². The monoisotopic (exact) mass is 389 g/mol. The van der Waals surface area contributed by atoms with Gasteiger partial charge in [-0.1, -0.05) is 24.3 Å². The van der Waals surface area contributed by atoms with Crippen LogP contribution in [-0.2, 0) is 4.79 Å². The minimum atomic E-state index is -0.361. The van der Waals surface area contributed by atoms with Crippen molar-refractivity contribution in [3.8, 4) is 0 Å². The lowest BCUT2D eigenvalue weighted by atomic mass is 9.95. The van der Waals surface area contributed by atoms with E-state index in [0.717, 1.165) is 49.5 Å². The van der Waals surface area contributed by atoms with Crippen LogP contribution in [0, 0.1) is 0 Å². The fourth-order valence-electron chi connectivity index (χ4n) is 3.20. The summed E-state index contributed by atoms with van der Waals surface area (Å²) in [7, 11) is 0. The normalized spacial score (nSPS) is 16.1. The van der Waals surface area contributed by atoms with Crippen LogP contribution in [0.25, 0.3) is 26.6 Å². The molecule has 0 aliphatic carbocycles. The Morgan fingerprint density at radius 1 is 1.07 bits per heavy atom. The zero-order valence-corrected chi connectivity index (χ0v) is 15.4. The van der Waals surface area contributed by atoms with Gasteiger partial charge in [-0.2, -0.15) is 0 Å². The number of hydrogen-bond acceptors (Lipinski definition) is 6. The summed E-state index contributed by atoms with van der Waals surface area (Å²) in [5.41, 5.74) is 3.38. The molecule has 5 nitrogen and oxygen atoms in total. The van der Waals surface area contributed by atoms with Gasteiger partial charge in [-0.3, -0.25) is 14.9 Å². The Morgan fingerprint density at radius 3 is 2.81 bits per heavy atom. The van der Waals surface area contributed by atoms with E-state index in [1.165, 1.54) is 6.33 Å². The molecule has 27 heavy (non-hydrogen) atoms.